The largest absolute Gasteiger partial charge is 0.338 e. The number of likely N-dealkylation sites (tertiary alicyclic amines) is 1. The quantitative estimate of drug-likeness (QED) is 0.613. The third kappa shape index (κ3) is 3.10. The van der Waals surface area contributed by atoms with Crippen LogP contribution in [0.2, 0.25) is 0 Å². The van der Waals surface area contributed by atoms with Gasteiger partial charge in [-0.3, -0.25) is 9.36 Å². The van der Waals surface area contributed by atoms with Gasteiger partial charge in [-0.15, -0.1) is 0 Å². The van der Waals surface area contributed by atoms with E-state index in [1.165, 1.54) is 0 Å². The maximum atomic E-state index is 12.6. The van der Waals surface area contributed by atoms with E-state index in [2.05, 4.69) is 27.6 Å². The van der Waals surface area contributed by atoms with Gasteiger partial charge in [0.1, 0.15) is 0 Å². The van der Waals surface area contributed by atoms with Crippen molar-refractivity contribution in [2.75, 3.05) is 13.1 Å². The molecule has 2 heterocycles. The number of fused-ring (bicyclic) bond motifs is 1. The summed E-state index contributed by atoms with van der Waals surface area (Å²) < 4.78 is 2.97. The first kappa shape index (κ1) is 16.4. The molecular formula is C19H18IN3O2. The van der Waals surface area contributed by atoms with E-state index in [9.17, 15) is 9.59 Å². The Hall–Kier alpha value is -2.09. The molecule has 5 nitrogen and oxygen atoms in total. The van der Waals surface area contributed by atoms with E-state index in [0.717, 1.165) is 33.0 Å². The van der Waals surface area contributed by atoms with Crippen LogP contribution >= 0.6 is 22.6 Å². The fraction of sp³-hybridized carbons (Fsp3) is 0.263. The first-order valence-corrected chi connectivity index (χ1v) is 9.45. The van der Waals surface area contributed by atoms with Crippen molar-refractivity contribution in [3.8, 4) is 0 Å². The second-order valence-corrected chi connectivity index (χ2v) is 7.59. The summed E-state index contributed by atoms with van der Waals surface area (Å²) in [7, 11) is 0. The number of amides is 1. The summed E-state index contributed by atoms with van der Waals surface area (Å²) in [5.41, 5.74) is 2.46. The van der Waals surface area contributed by atoms with E-state index >= 15 is 0 Å². The second-order valence-electron chi connectivity index (χ2n) is 6.35. The van der Waals surface area contributed by atoms with Gasteiger partial charge in [0, 0.05) is 28.3 Å². The van der Waals surface area contributed by atoms with Gasteiger partial charge in [0.25, 0.3) is 5.91 Å². The molecule has 0 atom stereocenters. The number of imidazole rings is 1. The molecule has 6 heteroatoms. The second kappa shape index (κ2) is 6.67. The molecule has 0 spiro atoms. The number of nitrogens with one attached hydrogen (secondary N) is 1. The third-order valence-corrected chi connectivity index (χ3v) is 5.55. The van der Waals surface area contributed by atoms with Gasteiger partial charge in [-0.25, -0.2) is 4.79 Å². The van der Waals surface area contributed by atoms with Gasteiger partial charge in [-0.05, 0) is 71.8 Å². The number of H-pyrrole nitrogens is 1. The molecule has 25 heavy (non-hydrogen) atoms. The Labute approximate surface area is 158 Å². The van der Waals surface area contributed by atoms with Crippen molar-refractivity contribution in [1.29, 1.82) is 0 Å². The van der Waals surface area contributed by atoms with Crippen molar-refractivity contribution in [2.45, 2.75) is 18.9 Å². The standard InChI is InChI=1S/C19H18IN3O2/c20-14-7-5-13(6-8-14)18(24)22-11-9-15(10-12-22)23-17-4-2-1-3-16(17)21-19(23)25/h1-8,15H,9-12H2,(H,21,25). The van der Waals surface area contributed by atoms with E-state index < -0.39 is 0 Å². The number of halogens is 1. The van der Waals surface area contributed by atoms with Crippen LogP contribution in [0.25, 0.3) is 11.0 Å². The number of piperidine rings is 1. The average Bonchev–Trinajstić information content (AvgIpc) is 2.97. The van der Waals surface area contributed by atoms with E-state index in [1.807, 2.05) is 58.0 Å². The molecule has 1 N–H and O–H groups in total. The van der Waals surface area contributed by atoms with Crippen LogP contribution in [0.3, 0.4) is 0 Å². The SMILES string of the molecule is O=C(c1ccc(I)cc1)N1CCC(n2c(=O)[nH]c3ccccc32)CC1. The van der Waals surface area contributed by atoms with E-state index in [1.54, 1.807) is 0 Å². The smallest absolute Gasteiger partial charge is 0.326 e. The number of rotatable bonds is 2. The minimum atomic E-state index is -0.0661. The number of hydrogen-bond acceptors (Lipinski definition) is 2. The van der Waals surface area contributed by atoms with Gasteiger partial charge in [0.2, 0.25) is 0 Å². The molecular weight excluding hydrogens is 429 g/mol. The van der Waals surface area contributed by atoms with Crippen LogP contribution in [0.4, 0.5) is 0 Å². The van der Waals surface area contributed by atoms with E-state index in [-0.39, 0.29) is 17.6 Å². The molecule has 2 aromatic carbocycles. The summed E-state index contributed by atoms with van der Waals surface area (Å²) in [6.07, 6.45) is 1.58. The van der Waals surface area contributed by atoms with Gasteiger partial charge in [-0.2, -0.15) is 0 Å². The van der Waals surface area contributed by atoms with Crippen molar-refractivity contribution < 1.29 is 4.79 Å². The van der Waals surface area contributed by atoms with Crippen molar-refractivity contribution >= 4 is 39.5 Å². The normalized spacial score (nSPS) is 15.6. The first-order chi connectivity index (χ1) is 12.1. The lowest BCUT2D eigenvalue weighted by molar-refractivity contribution is 0.0695. The summed E-state index contributed by atoms with van der Waals surface area (Å²) in [4.78, 5) is 29.8. The van der Waals surface area contributed by atoms with Crippen molar-refractivity contribution in [2.24, 2.45) is 0 Å². The highest BCUT2D eigenvalue weighted by atomic mass is 127. The highest BCUT2D eigenvalue weighted by molar-refractivity contribution is 14.1. The van der Waals surface area contributed by atoms with Crippen molar-refractivity contribution in [3.05, 3.63) is 68.1 Å². The van der Waals surface area contributed by atoms with E-state index in [4.69, 9.17) is 0 Å². The molecule has 1 aliphatic rings. The number of nitrogens with zero attached hydrogens (tertiary/aromatic N) is 2. The van der Waals surface area contributed by atoms with Gasteiger partial charge in [0.15, 0.2) is 0 Å². The molecule has 1 aromatic heterocycles. The Morgan fingerprint density at radius 1 is 1.04 bits per heavy atom. The summed E-state index contributed by atoms with van der Waals surface area (Å²) in [5.74, 6) is 0.0705. The average molecular weight is 447 g/mol. The lowest BCUT2D eigenvalue weighted by atomic mass is 10.0. The Kier molecular flexibility index (Phi) is 4.37. The van der Waals surface area contributed by atoms with Crippen molar-refractivity contribution in [1.82, 2.24) is 14.5 Å². The maximum Gasteiger partial charge on any atom is 0.326 e. The van der Waals surface area contributed by atoms with Crippen LogP contribution in [-0.2, 0) is 0 Å². The first-order valence-electron chi connectivity index (χ1n) is 8.37. The minimum Gasteiger partial charge on any atom is -0.338 e. The maximum absolute atomic E-state index is 12.6. The summed E-state index contributed by atoms with van der Waals surface area (Å²) in [6.45, 7) is 1.34. The molecule has 0 radical (unpaired) electrons. The lowest BCUT2D eigenvalue weighted by Gasteiger charge is -2.32. The Morgan fingerprint density at radius 3 is 2.44 bits per heavy atom. The van der Waals surface area contributed by atoms with Gasteiger partial charge >= 0.3 is 5.69 Å². The molecule has 4 rings (SSSR count). The Bertz CT molecular complexity index is 966. The topological polar surface area (TPSA) is 58.1 Å². The molecule has 0 saturated carbocycles. The number of carbonyl (C=O) groups is 1. The monoisotopic (exact) mass is 447 g/mol. The van der Waals surface area contributed by atoms with Crippen LogP contribution in [-0.4, -0.2) is 33.4 Å². The molecule has 1 amide bonds. The number of benzene rings is 2. The zero-order chi connectivity index (χ0) is 17.4. The molecule has 1 aliphatic heterocycles. The number of aromatic amines is 1. The highest BCUT2D eigenvalue weighted by Crippen LogP contribution is 2.25. The van der Waals surface area contributed by atoms with Crippen LogP contribution < -0.4 is 5.69 Å². The highest BCUT2D eigenvalue weighted by Gasteiger charge is 2.26. The summed E-state index contributed by atoms with van der Waals surface area (Å²) in [6, 6.07) is 15.5. The number of carbonyl (C=O) groups excluding carboxylic acids is 1. The lowest BCUT2D eigenvalue weighted by Crippen LogP contribution is -2.40. The number of aromatic nitrogens is 2. The van der Waals surface area contributed by atoms with Crippen LogP contribution in [0, 0.1) is 3.57 Å². The minimum absolute atomic E-state index is 0.0661. The zero-order valence-corrected chi connectivity index (χ0v) is 15.8. The molecule has 0 unspecified atom stereocenters. The summed E-state index contributed by atoms with van der Waals surface area (Å²) in [5, 5.41) is 0. The molecule has 0 bridgehead atoms. The summed E-state index contributed by atoms with van der Waals surface area (Å²) >= 11 is 2.23. The van der Waals surface area contributed by atoms with Gasteiger partial charge < -0.3 is 9.88 Å². The molecule has 1 fully saturated rings. The fourth-order valence-electron chi connectivity index (χ4n) is 3.54. The van der Waals surface area contributed by atoms with Crippen molar-refractivity contribution in [3.63, 3.8) is 0 Å². The van der Waals surface area contributed by atoms with Crippen LogP contribution in [0.5, 0.6) is 0 Å². The third-order valence-electron chi connectivity index (χ3n) is 4.83. The predicted molar refractivity (Wildman–Crippen MR) is 106 cm³/mol. The molecule has 128 valence electrons. The Morgan fingerprint density at radius 2 is 1.72 bits per heavy atom. The predicted octanol–water partition coefficient (Wildman–Crippen LogP) is 3.41. The number of para-hydroxylation sites is 2. The van der Waals surface area contributed by atoms with Gasteiger partial charge in [0.05, 0.1) is 11.0 Å². The number of hydrogen-bond donors (Lipinski definition) is 1. The van der Waals surface area contributed by atoms with Crippen LogP contribution in [0.15, 0.2) is 53.3 Å². The van der Waals surface area contributed by atoms with E-state index in [0.29, 0.717) is 13.1 Å². The molecule has 0 aliphatic carbocycles. The Balaban J connectivity index is 1.51. The fourth-order valence-corrected chi connectivity index (χ4v) is 3.90. The zero-order valence-electron chi connectivity index (χ0n) is 13.6. The molecule has 1 saturated heterocycles. The van der Waals surface area contributed by atoms with Gasteiger partial charge in [-0.1, -0.05) is 12.1 Å². The van der Waals surface area contributed by atoms with Crippen LogP contribution in [0.1, 0.15) is 29.2 Å². The molecule has 3 aromatic rings.